The molecular formula is C29H52O10. The Balaban J connectivity index is 3.00. The first-order valence-corrected chi connectivity index (χ1v) is 13.7. The van der Waals surface area contributed by atoms with E-state index in [0.717, 1.165) is 0 Å². The Bertz CT molecular complexity index is 741. The van der Waals surface area contributed by atoms with Crippen LogP contribution in [0.5, 0.6) is 0 Å². The topological polar surface area (TPSA) is 108 Å². The molecule has 10 heteroatoms. The molecule has 1 fully saturated rings. The monoisotopic (exact) mass is 560 g/mol. The Morgan fingerprint density at radius 2 is 1.49 bits per heavy atom. The highest BCUT2D eigenvalue weighted by Gasteiger charge is 2.48. The van der Waals surface area contributed by atoms with Gasteiger partial charge in [-0.25, -0.2) is 0 Å². The van der Waals surface area contributed by atoms with Gasteiger partial charge in [-0.15, -0.1) is 6.58 Å². The van der Waals surface area contributed by atoms with Crippen molar-refractivity contribution >= 4 is 11.9 Å². The van der Waals surface area contributed by atoms with Crippen LogP contribution in [0.25, 0.3) is 0 Å². The lowest BCUT2D eigenvalue weighted by Gasteiger charge is -2.48. The summed E-state index contributed by atoms with van der Waals surface area (Å²) in [6.45, 7) is 23.8. The molecule has 10 nitrogen and oxygen atoms in total. The van der Waals surface area contributed by atoms with Crippen LogP contribution >= 0.6 is 0 Å². The van der Waals surface area contributed by atoms with Crippen molar-refractivity contribution in [1.82, 2.24) is 0 Å². The summed E-state index contributed by atoms with van der Waals surface area (Å²) in [5.41, 5.74) is -0.643. The minimum absolute atomic E-state index is 0.0153. The maximum atomic E-state index is 11.5. The zero-order chi connectivity index (χ0) is 29.8. The average Bonchev–Trinajstić information content (AvgIpc) is 2.77. The van der Waals surface area contributed by atoms with E-state index in [2.05, 4.69) is 27.4 Å². The van der Waals surface area contributed by atoms with Gasteiger partial charge in [-0.3, -0.25) is 9.59 Å². The van der Waals surface area contributed by atoms with Crippen molar-refractivity contribution in [2.45, 2.75) is 112 Å². The molecule has 39 heavy (non-hydrogen) atoms. The summed E-state index contributed by atoms with van der Waals surface area (Å²) in [6, 6.07) is 0. The van der Waals surface area contributed by atoms with Crippen LogP contribution in [-0.4, -0.2) is 94.0 Å². The quantitative estimate of drug-likeness (QED) is 0.156. The first-order valence-electron chi connectivity index (χ1n) is 13.7. The molecule has 0 N–H and O–H groups in total. The molecule has 1 heterocycles. The molecule has 1 aliphatic heterocycles. The van der Waals surface area contributed by atoms with Gasteiger partial charge < -0.3 is 37.9 Å². The van der Waals surface area contributed by atoms with Crippen LogP contribution in [0.4, 0.5) is 0 Å². The summed E-state index contributed by atoms with van der Waals surface area (Å²) in [6.07, 6.45) is -1.32. The number of esters is 2. The highest BCUT2D eigenvalue weighted by Crippen LogP contribution is 2.38. The van der Waals surface area contributed by atoms with Gasteiger partial charge in [0.2, 0.25) is 0 Å². The fraction of sp³-hybridized carbons (Fsp3) is 0.862. The zero-order valence-corrected chi connectivity index (χ0v) is 25.7. The zero-order valence-electron chi connectivity index (χ0n) is 25.7. The van der Waals surface area contributed by atoms with E-state index in [1.807, 2.05) is 27.7 Å². The lowest BCUT2D eigenvalue weighted by Crippen LogP contribution is -2.58. The molecule has 0 radical (unpaired) electrons. The van der Waals surface area contributed by atoms with Gasteiger partial charge in [-0.1, -0.05) is 26.8 Å². The Morgan fingerprint density at radius 3 is 2.03 bits per heavy atom. The fourth-order valence-corrected chi connectivity index (χ4v) is 4.11. The second-order valence-corrected chi connectivity index (χ2v) is 12.1. The van der Waals surface area contributed by atoms with Gasteiger partial charge in [0.25, 0.3) is 0 Å². The van der Waals surface area contributed by atoms with Crippen LogP contribution in [0.15, 0.2) is 12.7 Å². The number of hydrogen-bond donors (Lipinski definition) is 0. The lowest BCUT2D eigenvalue weighted by molar-refractivity contribution is -0.313. The molecule has 0 aromatic heterocycles. The molecule has 1 rings (SSSR count). The standard InChI is InChI=1S/C29H52O10/c1-12-13-32-16-23(38-22(5)31)17-33-19(2)14-35-26-25(34-15-20(3)37-21(4)30)24(28(6,7)8)18-36-27(26)39-29(9,10)11/h12,19-20,23-27H,1,13-18H2,2-11H3. The third-order valence-electron chi connectivity index (χ3n) is 5.86. The molecule has 228 valence electrons. The van der Waals surface area contributed by atoms with Crippen LogP contribution in [0.3, 0.4) is 0 Å². The Labute approximate surface area is 234 Å². The van der Waals surface area contributed by atoms with Crippen LogP contribution in [-0.2, 0) is 47.5 Å². The van der Waals surface area contributed by atoms with Crippen LogP contribution in [0.2, 0.25) is 0 Å². The third kappa shape index (κ3) is 14.6. The van der Waals surface area contributed by atoms with E-state index in [1.54, 1.807) is 13.0 Å². The van der Waals surface area contributed by atoms with Gasteiger partial charge in [-0.05, 0) is 40.0 Å². The summed E-state index contributed by atoms with van der Waals surface area (Å²) in [5, 5.41) is 0. The third-order valence-corrected chi connectivity index (χ3v) is 5.86. The van der Waals surface area contributed by atoms with E-state index in [9.17, 15) is 9.59 Å². The maximum absolute atomic E-state index is 11.5. The van der Waals surface area contributed by atoms with Crippen LogP contribution in [0, 0.1) is 11.3 Å². The first kappa shape index (κ1) is 35.5. The van der Waals surface area contributed by atoms with E-state index < -0.39 is 42.3 Å². The Hall–Kier alpha value is -1.56. The molecule has 0 aromatic carbocycles. The van der Waals surface area contributed by atoms with Crippen molar-refractivity contribution in [2.75, 3.05) is 39.6 Å². The normalized spacial score (nSPS) is 24.5. The molecule has 0 aliphatic carbocycles. The number of carbonyl (C=O) groups is 2. The van der Waals surface area contributed by atoms with Crippen molar-refractivity contribution in [1.29, 1.82) is 0 Å². The van der Waals surface area contributed by atoms with Gasteiger partial charge in [0, 0.05) is 19.8 Å². The summed E-state index contributed by atoms with van der Waals surface area (Å²) in [4.78, 5) is 22.9. The van der Waals surface area contributed by atoms with Gasteiger partial charge in [-0.2, -0.15) is 0 Å². The highest BCUT2D eigenvalue weighted by molar-refractivity contribution is 5.66. The molecule has 0 bridgehead atoms. The van der Waals surface area contributed by atoms with Gasteiger partial charge in [0.15, 0.2) is 6.29 Å². The Morgan fingerprint density at radius 1 is 0.897 bits per heavy atom. The predicted molar refractivity (Wildman–Crippen MR) is 146 cm³/mol. The molecule has 0 saturated carbocycles. The molecular weight excluding hydrogens is 508 g/mol. The van der Waals surface area contributed by atoms with Crippen molar-refractivity contribution in [2.24, 2.45) is 11.3 Å². The second-order valence-electron chi connectivity index (χ2n) is 12.1. The first-order chi connectivity index (χ1) is 18.0. The largest absolute Gasteiger partial charge is 0.460 e. The molecule has 7 unspecified atom stereocenters. The Kier molecular flexibility index (Phi) is 15.1. The molecule has 0 aromatic rings. The summed E-state index contributed by atoms with van der Waals surface area (Å²) >= 11 is 0. The average molecular weight is 561 g/mol. The van der Waals surface area contributed by atoms with E-state index in [1.165, 1.54) is 13.8 Å². The van der Waals surface area contributed by atoms with Crippen molar-refractivity contribution in [3.63, 3.8) is 0 Å². The van der Waals surface area contributed by atoms with Gasteiger partial charge in [0.1, 0.15) is 18.3 Å². The van der Waals surface area contributed by atoms with Gasteiger partial charge >= 0.3 is 11.9 Å². The van der Waals surface area contributed by atoms with E-state index in [-0.39, 0.29) is 49.8 Å². The van der Waals surface area contributed by atoms with E-state index >= 15 is 0 Å². The minimum Gasteiger partial charge on any atom is -0.460 e. The van der Waals surface area contributed by atoms with Crippen molar-refractivity contribution in [3.8, 4) is 0 Å². The van der Waals surface area contributed by atoms with Gasteiger partial charge in [0.05, 0.1) is 57.5 Å². The SMILES string of the molecule is C=CCOCC(COC(C)COC1C(OC(C)(C)C)OCC(C(C)(C)C)C1OCC(C)OC(C)=O)OC(C)=O. The maximum Gasteiger partial charge on any atom is 0.303 e. The number of hydrogen-bond acceptors (Lipinski definition) is 10. The second kappa shape index (κ2) is 16.6. The smallest absolute Gasteiger partial charge is 0.303 e. The molecule has 0 amide bonds. The van der Waals surface area contributed by atoms with E-state index in [0.29, 0.717) is 13.2 Å². The fourth-order valence-electron chi connectivity index (χ4n) is 4.11. The number of rotatable bonds is 16. The predicted octanol–water partition coefficient (Wildman–Crippen LogP) is 4.08. The van der Waals surface area contributed by atoms with E-state index in [4.69, 9.17) is 37.9 Å². The number of carbonyl (C=O) groups excluding carboxylic acids is 2. The van der Waals surface area contributed by atoms with Crippen molar-refractivity contribution in [3.05, 3.63) is 12.7 Å². The minimum atomic E-state index is -0.675. The summed E-state index contributed by atoms with van der Waals surface area (Å²) < 4.78 is 47.2. The number of ether oxygens (including phenoxy) is 8. The van der Waals surface area contributed by atoms with Crippen LogP contribution < -0.4 is 0 Å². The molecule has 7 atom stereocenters. The molecule has 0 spiro atoms. The summed E-state index contributed by atoms with van der Waals surface area (Å²) in [5.74, 6) is -0.786. The highest BCUT2D eigenvalue weighted by atomic mass is 16.7. The van der Waals surface area contributed by atoms with Crippen molar-refractivity contribution < 1.29 is 47.5 Å². The van der Waals surface area contributed by atoms with Crippen LogP contribution in [0.1, 0.15) is 69.2 Å². The summed E-state index contributed by atoms with van der Waals surface area (Å²) in [7, 11) is 0. The molecule has 1 saturated heterocycles. The lowest BCUT2D eigenvalue weighted by atomic mass is 9.75. The molecule has 1 aliphatic rings.